The predicted molar refractivity (Wildman–Crippen MR) is 47.1 cm³/mol. The first kappa shape index (κ1) is 10.9. The van der Waals surface area contributed by atoms with E-state index in [1.54, 1.807) is 0 Å². The van der Waals surface area contributed by atoms with Gasteiger partial charge in [0.05, 0.1) is 18.1 Å². The largest absolute Gasteiger partial charge is 0.301 e. The molecule has 0 radical (unpaired) electrons. The van der Waals surface area contributed by atoms with Crippen LogP contribution < -0.4 is 0 Å². The Hall–Kier alpha value is -1.06. The molecule has 0 saturated heterocycles. The molecule has 0 aromatic heterocycles. The van der Waals surface area contributed by atoms with E-state index in [1.165, 1.54) is 0 Å². The maximum atomic E-state index is 8.56. The van der Waals surface area contributed by atoms with E-state index in [1.807, 2.05) is 13.8 Å². The Balaban J connectivity index is 3.70. The van der Waals surface area contributed by atoms with Crippen LogP contribution in [0.1, 0.15) is 20.3 Å². The van der Waals surface area contributed by atoms with E-state index < -0.39 is 0 Å². The highest BCUT2D eigenvalue weighted by atomic mass is 15.1. The second-order valence-electron chi connectivity index (χ2n) is 2.83. The molecule has 66 valence electrons. The van der Waals surface area contributed by atoms with Crippen molar-refractivity contribution in [2.75, 3.05) is 19.6 Å². The van der Waals surface area contributed by atoms with Crippen molar-refractivity contribution in [2.45, 2.75) is 20.3 Å². The van der Waals surface area contributed by atoms with Gasteiger partial charge in [0.1, 0.15) is 0 Å². The van der Waals surface area contributed by atoms with Crippen LogP contribution in [0.2, 0.25) is 0 Å². The van der Waals surface area contributed by atoms with Crippen LogP contribution >= 0.6 is 0 Å². The molecule has 0 N–H and O–H groups in total. The van der Waals surface area contributed by atoms with Crippen LogP contribution in [0.25, 0.3) is 0 Å². The van der Waals surface area contributed by atoms with Gasteiger partial charge in [-0.2, -0.15) is 10.5 Å². The molecule has 0 aromatic carbocycles. The van der Waals surface area contributed by atoms with E-state index >= 15 is 0 Å². The lowest BCUT2D eigenvalue weighted by molar-refractivity contribution is 0.274. The van der Waals surface area contributed by atoms with Gasteiger partial charge >= 0.3 is 0 Å². The smallest absolute Gasteiger partial charge is 0.0666 e. The number of hydrogen-bond acceptors (Lipinski definition) is 3. The second kappa shape index (κ2) is 6.64. The van der Waals surface area contributed by atoms with Crippen LogP contribution in [0.5, 0.6) is 0 Å². The summed E-state index contributed by atoms with van der Waals surface area (Å²) in [7, 11) is 0. The molecule has 0 amide bonds. The van der Waals surface area contributed by atoms with Gasteiger partial charge in [0.15, 0.2) is 0 Å². The van der Waals surface area contributed by atoms with Crippen LogP contribution in [0.4, 0.5) is 0 Å². The number of nitriles is 2. The average molecular weight is 165 g/mol. The average Bonchev–Trinajstić information content (AvgIpc) is 2.11. The van der Waals surface area contributed by atoms with Gasteiger partial charge in [-0.25, -0.2) is 0 Å². The predicted octanol–water partition coefficient (Wildman–Crippen LogP) is 1.38. The summed E-state index contributed by atoms with van der Waals surface area (Å²) in [5, 5.41) is 16.9. The Morgan fingerprint density at radius 2 is 2.08 bits per heavy atom. The minimum Gasteiger partial charge on any atom is -0.301 e. The minimum atomic E-state index is 0.0589. The van der Waals surface area contributed by atoms with Gasteiger partial charge in [0, 0.05) is 19.5 Å². The lowest BCUT2D eigenvalue weighted by atomic mass is 10.2. The second-order valence-corrected chi connectivity index (χ2v) is 2.83. The lowest BCUT2D eigenvalue weighted by Crippen LogP contribution is -2.28. The van der Waals surface area contributed by atoms with Crippen molar-refractivity contribution in [2.24, 2.45) is 5.92 Å². The van der Waals surface area contributed by atoms with E-state index in [0.717, 1.165) is 19.6 Å². The van der Waals surface area contributed by atoms with Gasteiger partial charge < -0.3 is 4.90 Å². The van der Waals surface area contributed by atoms with Crippen LogP contribution in [-0.2, 0) is 0 Å². The molecule has 3 heteroatoms. The van der Waals surface area contributed by atoms with Crippen LogP contribution in [0, 0.1) is 28.6 Å². The van der Waals surface area contributed by atoms with E-state index in [0.29, 0.717) is 6.42 Å². The quantitative estimate of drug-likeness (QED) is 0.618. The molecule has 0 fully saturated rings. The summed E-state index contributed by atoms with van der Waals surface area (Å²) in [5.74, 6) is 0.0589. The molecule has 0 heterocycles. The van der Waals surface area contributed by atoms with E-state index in [4.69, 9.17) is 10.5 Å². The number of hydrogen-bond donors (Lipinski definition) is 0. The highest BCUT2D eigenvalue weighted by Crippen LogP contribution is 1.98. The zero-order chi connectivity index (χ0) is 9.40. The van der Waals surface area contributed by atoms with Gasteiger partial charge in [-0.05, 0) is 13.5 Å². The maximum absolute atomic E-state index is 8.56. The SMILES string of the molecule is CCN(CCC#N)CC(C)C#N. The minimum absolute atomic E-state index is 0.0589. The van der Waals surface area contributed by atoms with Crippen molar-refractivity contribution >= 4 is 0 Å². The molecule has 0 rings (SSSR count). The zero-order valence-electron chi connectivity index (χ0n) is 7.75. The molecular weight excluding hydrogens is 150 g/mol. The fourth-order valence-electron chi connectivity index (χ4n) is 1.01. The molecular formula is C9H15N3. The Morgan fingerprint density at radius 3 is 2.50 bits per heavy atom. The summed E-state index contributed by atoms with van der Waals surface area (Å²) in [6.45, 7) is 6.40. The van der Waals surface area contributed by atoms with Gasteiger partial charge in [0.25, 0.3) is 0 Å². The van der Waals surface area contributed by atoms with Gasteiger partial charge in [0.2, 0.25) is 0 Å². The van der Waals surface area contributed by atoms with Crippen LogP contribution in [0.3, 0.4) is 0 Å². The third kappa shape index (κ3) is 4.71. The van der Waals surface area contributed by atoms with E-state index in [-0.39, 0.29) is 5.92 Å². The summed E-state index contributed by atoms with van der Waals surface area (Å²) in [5.41, 5.74) is 0. The molecule has 0 aliphatic rings. The molecule has 3 nitrogen and oxygen atoms in total. The highest BCUT2D eigenvalue weighted by Gasteiger charge is 2.06. The van der Waals surface area contributed by atoms with Crippen LogP contribution in [0.15, 0.2) is 0 Å². The Morgan fingerprint density at radius 1 is 1.42 bits per heavy atom. The number of rotatable bonds is 5. The van der Waals surface area contributed by atoms with Gasteiger partial charge in [-0.15, -0.1) is 0 Å². The maximum Gasteiger partial charge on any atom is 0.0666 e. The lowest BCUT2D eigenvalue weighted by Gasteiger charge is -2.19. The molecule has 0 aliphatic heterocycles. The summed E-state index contributed by atoms with van der Waals surface area (Å²) in [6.07, 6.45) is 0.548. The van der Waals surface area contributed by atoms with Crippen molar-refractivity contribution in [3.05, 3.63) is 0 Å². The summed E-state index contributed by atoms with van der Waals surface area (Å²) >= 11 is 0. The Labute approximate surface area is 74.2 Å². The third-order valence-corrected chi connectivity index (χ3v) is 1.74. The highest BCUT2D eigenvalue weighted by molar-refractivity contribution is 4.82. The summed E-state index contributed by atoms with van der Waals surface area (Å²) in [4.78, 5) is 2.12. The van der Waals surface area contributed by atoms with E-state index in [2.05, 4.69) is 17.0 Å². The van der Waals surface area contributed by atoms with Crippen molar-refractivity contribution in [3.63, 3.8) is 0 Å². The summed E-state index contributed by atoms with van der Waals surface area (Å²) < 4.78 is 0. The van der Waals surface area contributed by atoms with Crippen molar-refractivity contribution in [1.29, 1.82) is 10.5 Å². The van der Waals surface area contributed by atoms with Gasteiger partial charge in [-0.3, -0.25) is 0 Å². The molecule has 1 atom stereocenters. The zero-order valence-corrected chi connectivity index (χ0v) is 7.75. The van der Waals surface area contributed by atoms with Crippen molar-refractivity contribution < 1.29 is 0 Å². The molecule has 0 bridgehead atoms. The molecule has 12 heavy (non-hydrogen) atoms. The van der Waals surface area contributed by atoms with E-state index in [9.17, 15) is 0 Å². The van der Waals surface area contributed by atoms with Gasteiger partial charge in [-0.1, -0.05) is 6.92 Å². The molecule has 0 aliphatic carbocycles. The molecule has 0 aromatic rings. The first-order chi connectivity index (χ1) is 5.74. The standard InChI is InChI=1S/C9H15N3/c1-3-12(6-4-5-10)8-9(2)7-11/h9H,3-4,6,8H2,1-2H3. The first-order valence-corrected chi connectivity index (χ1v) is 4.23. The number of nitrogens with zero attached hydrogens (tertiary/aromatic N) is 3. The third-order valence-electron chi connectivity index (χ3n) is 1.74. The van der Waals surface area contributed by atoms with Crippen LogP contribution in [-0.4, -0.2) is 24.5 Å². The van der Waals surface area contributed by atoms with Crippen molar-refractivity contribution in [3.8, 4) is 12.1 Å². The normalized spacial score (nSPS) is 12.1. The topological polar surface area (TPSA) is 50.8 Å². The van der Waals surface area contributed by atoms with Crippen molar-refractivity contribution in [1.82, 2.24) is 4.90 Å². The first-order valence-electron chi connectivity index (χ1n) is 4.23. The Bertz CT molecular complexity index is 187. The molecule has 0 spiro atoms. The fourth-order valence-corrected chi connectivity index (χ4v) is 1.01. The molecule has 0 saturated carbocycles. The monoisotopic (exact) mass is 165 g/mol. The summed E-state index contributed by atoms with van der Waals surface area (Å²) in [6, 6.07) is 4.28. The fraction of sp³-hybridized carbons (Fsp3) is 0.778. The Kier molecular flexibility index (Phi) is 6.05. The molecule has 1 unspecified atom stereocenters.